The molecular formula is C27H29N3O10. The first kappa shape index (κ1) is 29.7. The highest BCUT2D eigenvalue weighted by atomic mass is 16.6. The number of hydrogen-bond donors (Lipinski definition) is 3. The predicted octanol–water partition coefficient (Wildman–Crippen LogP) is 1.84. The van der Waals surface area contributed by atoms with Crippen molar-refractivity contribution >= 4 is 35.2 Å². The zero-order valence-electron chi connectivity index (χ0n) is 21.9. The molecule has 3 N–H and O–H groups in total. The molecule has 0 spiro atoms. The molecule has 2 amide bonds. The molecule has 0 bridgehead atoms. The number of nitrogens with one attached hydrogen (secondary N) is 1. The van der Waals surface area contributed by atoms with Crippen LogP contribution in [-0.2, 0) is 30.3 Å². The van der Waals surface area contributed by atoms with Gasteiger partial charge in [0.2, 0.25) is 11.8 Å². The molecule has 1 aliphatic rings. The Kier molecular flexibility index (Phi) is 9.54. The van der Waals surface area contributed by atoms with Crippen molar-refractivity contribution in [1.82, 2.24) is 10.2 Å². The van der Waals surface area contributed by atoms with Crippen molar-refractivity contribution < 1.29 is 43.8 Å². The van der Waals surface area contributed by atoms with Crippen LogP contribution in [0.3, 0.4) is 0 Å². The lowest BCUT2D eigenvalue weighted by atomic mass is 10.0. The molecule has 0 aromatic heterocycles. The molecule has 1 saturated heterocycles. The van der Waals surface area contributed by atoms with Crippen LogP contribution in [0.5, 0.6) is 5.75 Å². The summed E-state index contributed by atoms with van der Waals surface area (Å²) >= 11 is 0. The fraction of sp³-hybridized carbons (Fsp3) is 0.370. The highest BCUT2D eigenvalue weighted by molar-refractivity contribution is 5.98. The average molecular weight is 556 g/mol. The van der Waals surface area contributed by atoms with Gasteiger partial charge in [0.05, 0.1) is 23.3 Å². The van der Waals surface area contributed by atoms with Crippen LogP contribution < -0.4 is 5.32 Å². The number of carbonyl (C=O) groups excluding carboxylic acids is 4. The summed E-state index contributed by atoms with van der Waals surface area (Å²) in [7, 11) is 0. The van der Waals surface area contributed by atoms with Crippen molar-refractivity contribution in [3.63, 3.8) is 0 Å². The Hall–Kier alpha value is -4.81. The van der Waals surface area contributed by atoms with Crippen molar-refractivity contribution in [1.29, 1.82) is 0 Å². The van der Waals surface area contributed by atoms with E-state index in [-0.39, 0.29) is 24.9 Å². The minimum Gasteiger partial charge on any atom is -0.502 e. The van der Waals surface area contributed by atoms with Crippen LogP contribution >= 0.6 is 0 Å². The topological polar surface area (TPSA) is 193 Å². The lowest BCUT2D eigenvalue weighted by molar-refractivity contribution is -0.385. The van der Waals surface area contributed by atoms with E-state index < -0.39 is 71.0 Å². The van der Waals surface area contributed by atoms with Gasteiger partial charge in [-0.2, -0.15) is 0 Å². The van der Waals surface area contributed by atoms with Gasteiger partial charge >= 0.3 is 17.6 Å². The lowest BCUT2D eigenvalue weighted by Crippen LogP contribution is -2.52. The molecule has 1 heterocycles. The van der Waals surface area contributed by atoms with E-state index in [9.17, 15) is 44.3 Å². The van der Waals surface area contributed by atoms with Gasteiger partial charge in [-0.3, -0.25) is 29.3 Å². The molecule has 2 aromatic rings. The summed E-state index contributed by atoms with van der Waals surface area (Å²) in [6.07, 6.45) is -0.270. The standard InChI is InChI=1S/C27H29N3O10/c1-15-5-3-6-16(2)25(15)27(37)40-14-22(32)18(13-24(34)35)28-26(36)20-7-4-10-29(20)23(33)12-17-8-9-19(30(38)39)21(31)11-17/h3,5-6,8-9,11,18,20,31H,4,7,10,12-14H2,1-2H3,(H,28,36)(H,34,35)/t18-,20?/m0/s1. The van der Waals surface area contributed by atoms with Gasteiger partial charge in [-0.1, -0.05) is 24.3 Å². The fourth-order valence-electron chi connectivity index (χ4n) is 4.58. The number of amides is 2. The molecule has 0 aliphatic carbocycles. The van der Waals surface area contributed by atoms with Crippen molar-refractivity contribution in [2.45, 2.75) is 51.6 Å². The number of nitro groups is 1. The summed E-state index contributed by atoms with van der Waals surface area (Å²) in [5.41, 5.74) is 1.35. The number of aromatic hydroxyl groups is 1. The second kappa shape index (κ2) is 12.8. The number of carboxylic acid groups (broad SMARTS) is 1. The van der Waals surface area contributed by atoms with Gasteiger partial charge in [-0.05, 0) is 49.4 Å². The molecule has 2 atom stereocenters. The molecule has 1 aliphatic heterocycles. The number of ketones is 1. The minimum atomic E-state index is -1.50. The average Bonchev–Trinajstić information content (AvgIpc) is 3.37. The number of aliphatic carboxylic acids is 1. The maximum Gasteiger partial charge on any atom is 0.339 e. The fourth-order valence-corrected chi connectivity index (χ4v) is 4.58. The highest BCUT2D eigenvalue weighted by Crippen LogP contribution is 2.27. The Morgan fingerprint density at radius 2 is 1.82 bits per heavy atom. The summed E-state index contributed by atoms with van der Waals surface area (Å²) in [6, 6.07) is 6.18. The third-order valence-corrected chi connectivity index (χ3v) is 6.58. The number of phenolic OH excluding ortho intramolecular Hbond substituents is 1. The Balaban J connectivity index is 1.65. The first-order chi connectivity index (χ1) is 18.9. The highest BCUT2D eigenvalue weighted by Gasteiger charge is 2.36. The van der Waals surface area contributed by atoms with Crippen LogP contribution in [0.4, 0.5) is 5.69 Å². The molecule has 13 heteroatoms. The van der Waals surface area contributed by atoms with Crippen molar-refractivity contribution in [3.8, 4) is 5.75 Å². The zero-order chi connectivity index (χ0) is 29.6. The number of carboxylic acids is 1. The Morgan fingerprint density at radius 1 is 1.15 bits per heavy atom. The number of aryl methyl sites for hydroxylation is 2. The van der Waals surface area contributed by atoms with E-state index in [1.165, 1.54) is 11.0 Å². The minimum absolute atomic E-state index is 0.223. The Morgan fingerprint density at radius 3 is 2.42 bits per heavy atom. The smallest absolute Gasteiger partial charge is 0.339 e. The maximum atomic E-state index is 13.1. The third kappa shape index (κ3) is 7.18. The Labute approximate surface area is 228 Å². The van der Waals surface area contributed by atoms with Gasteiger partial charge in [0, 0.05) is 12.6 Å². The van der Waals surface area contributed by atoms with E-state index in [2.05, 4.69) is 5.32 Å². The number of benzene rings is 2. The van der Waals surface area contributed by atoms with Crippen LogP contribution in [0.25, 0.3) is 0 Å². The number of ether oxygens (including phenoxy) is 1. The predicted molar refractivity (Wildman–Crippen MR) is 139 cm³/mol. The van der Waals surface area contributed by atoms with E-state index in [0.29, 0.717) is 23.1 Å². The molecule has 0 radical (unpaired) electrons. The maximum absolute atomic E-state index is 13.1. The van der Waals surface area contributed by atoms with Crippen LogP contribution in [0.15, 0.2) is 36.4 Å². The third-order valence-electron chi connectivity index (χ3n) is 6.58. The summed E-state index contributed by atoms with van der Waals surface area (Å²) in [5.74, 6) is -4.77. The van der Waals surface area contributed by atoms with Crippen molar-refractivity contribution in [2.75, 3.05) is 13.2 Å². The molecule has 0 saturated carbocycles. The van der Waals surface area contributed by atoms with E-state index in [1.54, 1.807) is 32.0 Å². The number of nitro benzene ring substituents is 1. The number of esters is 1. The monoisotopic (exact) mass is 555 g/mol. The van der Waals surface area contributed by atoms with E-state index in [0.717, 1.165) is 12.1 Å². The number of phenols is 1. The number of likely N-dealkylation sites (tertiary alicyclic amines) is 1. The van der Waals surface area contributed by atoms with Crippen molar-refractivity contribution in [3.05, 3.63) is 68.8 Å². The van der Waals surface area contributed by atoms with E-state index >= 15 is 0 Å². The molecule has 1 unspecified atom stereocenters. The second-order valence-corrected chi connectivity index (χ2v) is 9.47. The van der Waals surface area contributed by atoms with Crippen LogP contribution in [0, 0.1) is 24.0 Å². The van der Waals surface area contributed by atoms with E-state index in [1.807, 2.05) is 0 Å². The van der Waals surface area contributed by atoms with Gasteiger partial charge in [0.1, 0.15) is 12.1 Å². The van der Waals surface area contributed by atoms with Gasteiger partial charge < -0.3 is 25.2 Å². The van der Waals surface area contributed by atoms with Crippen molar-refractivity contribution in [2.24, 2.45) is 0 Å². The number of hydrogen-bond acceptors (Lipinski definition) is 9. The molecule has 1 fully saturated rings. The Bertz CT molecular complexity index is 1340. The molecule has 2 aromatic carbocycles. The summed E-state index contributed by atoms with van der Waals surface area (Å²) in [5, 5.41) is 32.4. The molecule has 40 heavy (non-hydrogen) atoms. The summed E-state index contributed by atoms with van der Waals surface area (Å²) < 4.78 is 5.12. The summed E-state index contributed by atoms with van der Waals surface area (Å²) in [6.45, 7) is 2.87. The normalized spacial score (nSPS) is 15.2. The van der Waals surface area contributed by atoms with Gasteiger partial charge in [-0.15, -0.1) is 0 Å². The zero-order valence-corrected chi connectivity index (χ0v) is 21.9. The first-order valence-electron chi connectivity index (χ1n) is 12.4. The lowest BCUT2D eigenvalue weighted by Gasteiger charge is -2.26. The number of nitrogens with zero attached hydrogens (tertiary/aromatic N) is 2. The van der Waals surface area contributed by atoms with Crippen LogP contribution in [-0.4, -0.2) is 74.8 Å². The van der Waals surface area contributed by atoms with Crippen LogP contribution in [0.1, 0.15) is 46.3 Å². The quantitative estimate of drug-likeness (QED) is 0.209. The molecule has 212 valence electrons. The largest absolute Gasteiger partial charge is 0.502 e. The van der Waals surface area contributed by atoms with Gasteiger partial charge in [-0.25, -0.2) is 4.79 Å². The molecule has 13 nitrogen and oxygen atoms in total. The van der Waals surface area contributed by atoms with Gasteiger partial charge in [0.25, 0.3) is 0 Å². The molecular weight excluding hydrogens is 526 g/mol. The van der Waals surface area contributed by atoms with Crippen LogP contribution in [0.2, 0.25) is 0 Å². The first-order valence-corrected chi connectivity index (χ1v) is 12.4. The van der Waals surface area contributed by atoms with E-state index in [4.69, 9.17) is 4.74 Å². The van der Waals surface area contributed by atoms with Gasteiger partial charge in [0.15, 0.2) is 18.1 Å². The number of carbonyl (C=O) groups is 5. The number of Topliss-reactive ketones (excluding diaryl/α,β-unsaturated/α-hetero) is 1. The number of rotatable bonds is 11. The second-order valence-electron chi connectivity index (χ2n) is 9.47. The SMILES string of the molecule is Cc1cccc(C)c1C(=O)OCC(=O)[C@H](CC(=O)O)NC(=O)C1CCCN1C(=O)Cc1ccc([N+](=O)[O-])c(O)c1. The molecule has 3 rings (SSSR count). The summed E-state index contributed by atoms with van der Waals surface area (Å²) in [4.78, 5) is 74.1.